The normalized spacial score (nSPS) is 14.7. The number of esters is 1. The van der Waals surface area contributed by atoms with E-state index in [0.29, 0.717) is 36.2 Å². The molecule has 0 saturated carbocycles. The van der Waals surface area contributed by atoms with Gasteiger partial charge in [0.1, 0.15) is 29.3 Å². The summed E-state index contributed by atoms with van der Waals surface area (Å²) in [6.45, 7) is 5.25. The number of carbonyl (C=O) groups is 2. The van der Waals surface area contributed by atoms with Gasteiger partial charge >= 0.3 is 5.97 Å². The maximum Gasteiger partial charge on any atom is 0.313 e. The molecule has 5 rings (SSSR count). The molecule has 11 heteroatoms. The van der Waals surface area contributed by atoms with Crippen molar-refractivity contribution in [3.05, 3.63) is 113 Å². The summed E-state index contributed by atoms with van der Waals surface area (Å²) >= 11 is 0. The molecule has 3 N–H and O–H groups in total. The first-order valence-electron chi connectivity index (χ1n) is 14.7. The van der Waals surface area contributed by atoms with E-state index in [4.69, 9.17) is 20.3 Å². The molecule has 1 aliphatic rings. The van der Waals surface area contributed by atoms with E-state index in [0.717, 1.165) is 47.0 Å². The molecule has 1 heterocycles. The van der Waals surface area contributed by atoms with Gasteiger partial charge in [0.15, 0.2) is 0 Å². The molecule has 240 valence electrons. The Labute approximate surface area is 272 Å². The number of hydrogen-bond donors (Lipinski definition) is 3. The Hall–Kier alpha value is -4.83. The first kappa shape index (κ1) is 34.1. The number of carbonyl (C=O) groups excluding carboxylic acids is 2. The van der Waals surface area contributed by atoms with Crippen LogP contribution in [0.3, 0.4) is 0 Å². The number of nitrogens with one attached hydrogen (secondary N) is 3. The lowest BCUT2D eigenvalue weighted by Gasteiger charge is -2.19. The van der Waals surface area contributed by atoms with Gasteiger partial charge in [-0.15, -0.1) is 12.4 Å². The second-order valence-corrected chi connectivity index (χ2v) is 11.0. The molecular weight excluding hydrogens is 614 g/mol. The van der Waals surface area contributed by atoms with Crippen molar-refractivity contribution in [3.8, 4) is 5.75 Å². The highest BCUT2D eigenvalue weighted by Gasteiger charge is 2.26. The van der Waals surface area contributed by atoms with E-state index in [1.54, 1.807) is 26.0 Å². The first-order chi connectivity index (χ1) is 21.6. The summed E-state index contributed by atoms with van der Waals surface area (Å²) in [6, 6.07) is 21.1. The van der Waals surface area contributed by atoms with Crippen molar-refractivity contribution < 1.29 is 27.8 Å². The van der Waals surface area contributed by atoms with Crippen LogP contribution in [0, 0.1) is 22.5 Å². The number of benzene rings is 4. The lowest BCUT2D eigenvalue weighted by molar-refractivity contribution is -0.144. The largest absolute Gasteiger partial charge is 0.489 e. The number of likely N-dealkylation sites (tertiary alicyclic amines) is 1. The number of ether oxygens (including phenoxy) is 2. The van der Waals surface area contributed by atoms with Gasteiger partial charge in [-0.3, -0.25) is 20.4 Å². The number of hydrogen-bond acceptors (Lipinski definition) is 6. The molecule has 0 aromatic heterocycles. The first-order valence-corrected chi connectivity index (χ1v) is 14.7. The summed E-state index contributed by atoms with van der Waals surface area (Å²) < 4.78 is 38.8. The molecule has 2 atom stereocenters. The Morgan fingerprint density at radius 1 is 0.978 bits per heavy atom. The van der Waals surface area contributed by atoms with Crippen LogP contribution in [0.2, 0.25) is 0 Å². The van der Waals surface area contributed by atoms with Gasteiger partial charge in [-0.1, -0.05) is 42.5 Å². The topological polar surface area (TPSA) is 116 Å². The molecule has 4 aromatic carbocycles. The number of amides is 1. The fourth-order valence-electron chi connectivity index (χ4n) is 5.42. The zero-order valence-electron chi connectivity index (χ0n) is 25.4. The highest BCUT2D eigenvalue weighted by molar-refractivity contribution is 6.12. The molecule has 1 amide bonds. The molecule has 1 aliphatic heterocycles. The van der Waals surface area contributed by atoms with Crippen molar-refractivity contribution >= 4 is 46.7 Å². The summed E-state index contributed by atoms with van der Waals surface area (Å²) in [5.74, 6) is -2.58. The van der Waals surface area contributed by atoms with Crippen molar-refractivity contribution in [1.29, 1.82) is 10.8 Å². The summed E-state index contributed by atoms with van der Waals surface area (Å²) in [5, 5.41) is 20.3. The van der Waals surface area contributed by atoms with E-state index >= 15 is 0 Å². The van der Waals surface area contributed by atoms with Gasteiger partial charge in [-0.25, -0.2) is 8.78 Å². The molecule has 1 saturated heterocycles. The average Bonchev–Trinajstić information content (AvgIpc) is 3.49. The lowest BCUT2D eigenvalue weighted by atomic mass is 9.91. The number of nitrogens with zero attached hydrogens (tertiary/aromatic N) is 1. The Morgan fingerprint density at radius 3 is 2.39 bits per heavy atom. The molecule has 1 fully saturated rings. The molecule has 0 spiro atoms. The number of fused-ring (bicyclic) bond motifs is 1. The van der Waals surface area contributed by atoms with E-state index in [1.807, 2.05) is 53.4 Å². The lowest BCUT2D eigenvalue weighted by Crippen LogP contribution is -2.31. The predicted molar refractivity (Wildman–Crippen MR) is 175 cm³/mol. The van der Waals surface area contributed by atoms with Gasteiger partial charge in [0.25, 0.3) is 5.91 Å². The van der Waals surface area contributed by atoms with Crippen molar-refractivity contribution in [2.24, 2.45) is 0 Å². The third-order valence-corrected chi connectivity index (χ3v) is 7.82. The van der Waals surface area contributed by atoms with Crippen LogP contribution in [0.15, 0.2) is 78.9 Å². The minimum absolute atomic E-state index is 0. The quantitative estimate of drug-likeness (QED) is 0.107. The molecule has 4 aromatic rings. The molecule has 46 heavy (non-hydrogen) atoms. The minimum atomic E-state index is -1.01. The van der Waals surface area contributed by atoms with Crippen LogP contribution in [0.5, 0.6) is 5.75 Å². The highest BCUT2D eigenvalue weighted by Crippen LogP contribution is 2.28. The number of rotatable bonds is 9. The van der Waals surface area contributed by atoms with Crippen LogP contribution >= 0.6 is 12.4 Å². The standard InChI is InChI=1S/C35H34F2N4O4.ClH/c1-3-44-35(43)31(24-8-11-28(12-9-24)45-29-14-15-41(20-29)21(2)38)17-22-4-5-23-6-7-25(18-26(23)16-22)33(39)40-34(42)30-13-10-27(36)19-32(30)37;/h4-13,16,18-19,29,31,38H,3,14-15,17,20H2,1-2H3,(H2,39,40,42);1H/t29-,31-;/m0./s1. The molecule has 0 bridgehead atoms. The van der Waals surface area contributed by atoms with Gasteiger partial charge in [0.05, 0.1) is 30.5 Å². The van der Waals surface area contributed by atoms with Gasteiger partial charge in [0, 0.05) is 24.6 Å². The van der Waals surface area contributed by atoms with Crippen molar-refractivity contribution in [1.82, 2.24) is 10.2 Å². The van der Waals surface area contributed by atoms with Crippen LogP contribution in [0.4, 0.5) is 8.78 Å². The fourth-order valence-corrected chi connectivity index (χ4v) is 5.42. The number of halogens is 3. The van der Waals surface area contributed by atoms with E-state index in [1.165, 1.54) is 0 Å². The summed E-state index contributed by atoms with van der Waals surface area (Å²) in [4.78, 5) is 27.6. The third-order valence-electron chi connectivity index (χ3n) is 7.82. The summed E-state index contributed by atoms with van der Waals surface area (Å²) in [7, 11) is 0. The van der Waals surface area contributed by atoms with Gasteiger partial charge in [-0.2, -0.15) is 0 Å². The van der Waals surface area contributed by atoms with Crippen molar-refractivity contribution in [3.63, 3.8) is 0 Å². The minimum Gasteiger partial charge on any atom is -0.489 e. The van der Waals surface area contributed by atoms with Gasteiger partial charge < -0.3 is 19.7 Å². The van der Waals surface area contributed by atoms with Gasteiger partial charge in [0.2, 0.25) is 0 Å². The zero-order valence-corrected chi connectivity index (χ0v) is 26.3. The Bertz CT molecular complexity index is 1770. The third kappa shape index (κ3) is 8.06. The Morgan fingerprint density at radius 2 is 1.72 bits per heavy atom. The molecular formula is C35H35ClF2N4O4. The Balaban J connectivity index is 0.00000480. The molecule has 8 nitrogen and oxygen atoms in total. The van der Waals surface area contributed by atoms with Gasteiger partial charge in [-0.05, 0) is 72.5 Å². The molecule has 0 radical (unpaired) electrons. The van der Waals surface area contributed by atoms with Crippen molar-refractivity contribution in [2.75, 3.05) is 19.7 Å². The SMILES string of the molecule is CCOC(=O)[C@@H](Cc1ccc2ccc(C(=N)NC(=O)c3ccc(F)cc3F)cc2c1)c1ccc(O[C@H]2CCN(C(C)=N)C2)cc1.Cl. The Kier molecular flexibility index (Phi) is 11.1. The zero-order chi connectivity index (χ0) is 32.1. The highest BCUT2D eigenvalue weighted by atomic mass is 35.5. The average molecular weight is 649 g/mol. The smallest absolute Gasteiger partial charge is 0.313 e. The van der Waals surface area contributed by atoms with E-state index < -0.39 is 23.5 Å². The second kappa shape index (κ2) is 15.0. The second-order valence-electron chi connectivity index (χ2n) is 11.0. The molecule has 0 unspecified atom stereocenters. The summed E-state index contributed by atoms with van der Waals surface area (Å²) in [5.41, 5.74) is 1.69. The maximum absolute atomic E-state index is 14.1. The molecule has 0 aliphatic carbocycles. The van der Waals surface area contributed by atoms with Crippen LogP contribution in [0.25, 0.3) is 10.8 Å². The van der Waals surface area contributed by atoms with E-state index in [9.17, 15) is 18.4 Å². The van der Waals surface area contributed by atoms with Crippen LogP contribution in [-0.2, 0) is 16.0 Å². The van der Waals surface area contributed by atoms with Crippen LogP contribution in [0.1, 0.15) is 53.2 Å². The van der Waals surface area contributed by atoms with Crippen molar-refractivity contribution in [2.45, 2.75) is 38.7 Å². The predicted octanol–water partition coefficient (Wildman–Crippen LogP) is 6.63. The maximum atomic E-state index is 14.1. The monoisotopic (exact) mass is 648 g/mol. The van der Waals surface area contributed by atoms with Crippen LogP contribution < -0.4 is 10.1 Å². The number of amidine groups is 2. The van der Waals surface area contributed by atoms with Crippen LogP contribution in [-0.4, -0.2) is 54.2 Å². The summed E-state index contributed by atoms with van der Waals surface area (Å²) in [6.07, 6.45) is 1.21. The fraction of sp³-hybridized carbons (Fsp3) is 0.257. The van der Waals surface area contributed by atoms with E-state index in [-0.39, 0.29) is 42.5 Å². The van der Waals surface area contributed by atoms with E-state index in [2.05, 4.69) is 5.32 Å².